The van der Waals surface area contributed by atoms with Crippen molar-refractivity contribution in [3.8, 4) is 11.5 Å². The molecular weight excluding hydrogens is 248 g/mol. The fourth-order valence-electron chi connectivity index (χ4n) is 2.73. The topological polar surface area (TPSA) is 65.0 Å². The number of methoxy groups -OCH3 is 1. The quantitative estimate of drug-likeness (QED) is 0.882. The van der Waals surface area contributed by atoms with Gasteiger partial charge in [0.1, 0.15) is 0 Å². The lowest BCUT2D eigenvalue weighted by Gasteiger charge is -2.18. The Morgan fingerprint density at radius 3 is 2.63 bits per heavy atom. The van der Waals surface area contributed by atoms with Gasteiger partial charge >= 0.3 is 5.97 Å². The Morgan fingerprint density at radius 1 is 1.37 bits per heavy atom. The monoisotopic (exact) mass is 264 g/mol. The molecule has 19 heavy (non-hydrogen) atoms. The first-order valence-corrected chi connectivity index (χ1v) is 6.28. The summed E-state index contributed by atoms with van der Waals surface area (Å²) in [5.41, 5.74) is 1.77. The van der Waals surface area contributed by atoms with Crippen molar-refractivity contribution < 1.29 is 24.1 Å². The number of carboxylic acids is 1. The van der Waals surface area contributed by atoms with E-state index in [1.165, 1.54) is 0 Å². The van der Waals surface area contributed by atoms with E-state index < -0.39 is 5.97 Å². The molecule has 1 heterocycles. The van der Waals surface area contributed by atoms with Crippen LogP contribution in [0.25, 0.3) is 0 Å². The zero-order valence-corrected chi connectivity index (χ0v) is 10.8. The number of ether oxygens (including phenoxy) is 3. The predicted octanol–water partition coefficient (Wildman–Crippen LogP) is 2.07. The van der Waals surface area contributed by atoms with Gasteiger partial charge in [-0.05, 0) is 36.1 Å². The Morgan fingerprint density at radius 2 is 2.05 bits per heavy atom. The Labute approximate surface area is 111 Å². The van der Waals surface area contributed by atoms with Gasteiger partial charge in [0.05, 0.1) is 13.0 Å². The Bertz CT molecular complexity index is 519. The first-order valence-electron chi connectivity index (χ1n) is 6.28. The minimum Gasteiger partial charge on any atom is -0.481 e. The molecule has 1 aromatic carbocycles. The number of benzene rings is 1. The van der Waals surface area contributed by atoms with Crippen molar-refractivity contribution >= 4 is 5.97 Å². The summed E-state index contributed by atoms with van der Waals surface area (Å²) in [6.07, 6.45) is 1.95. The summed E-state index contributed by atoms with van der Waals surface area (Å²) < 4.78 is 16.0. The summed E-state index contributed by atoms with van der Waals surface area (Å²) in [7, 11) is 1.63. The molecule has 102 valence electrons. The third-order valence-corrected chi connectivity index (χ3v) is 3.81. The zero-order chi connectivity index (χ0) is 13.5. The highest BCUT2D eigenvalue weighted by atomic mass is 16.7. The van der Waals surface area contributed by atoms with E-state index in [0.29, 0.717) is 18.1 Å². The summed E-state index contributed by atoms with van der Waals surface area (Å²) in [5, 5.41) is 9.08. The predicted molar refractivity (Wildman–Crippen MR) is 66.4 cm³/mol. The zero-order valence-electron chi connectivity index (χ0n) is 10.8. The van der Waals surface area contributed by atoms with Gasteiger partial charge in [0.2, 0.25) is 6.79 Å². The second-order valence-electron chi connectivity index (χ2n) is 5.15. The number of carboxylic acid groups (broad SMARTS) is 1. The van der Waals surface area contributed by atoms with Crippen LogP contribution in [0.3, 0.4) is 0 Å². The van der Waals surface area contributed by atoms with Crippen LogP contribution in [0.1, 0.15) is 30.4 Å². The molecule has 5 heteroatoms. The van der Waals surface area contributed by atoms with Gasteiger partial charge in [-0.2, -0.15) is 0 Å². The van der Waals surface area contributed by atoms with Crippen LogP contribution in [-0.4, -0.2) is 25.0 Å². The summed E-state index contributed by atoms with van der Waals surface area (Å²) in [6.45, 7) is 0.671. The fourth-order valence-corrected chi connectivity index (χ4v) is 2.73. The van der Waals surface area contributed by atoms with E-state index in [4.69, 9.17) is 19.3 Å². The van der Waals surface area contributed by atoms with Crippen LogP contribution in [0.5, 0.6) is 11.5 Å². The number of hydrogen-bond donors (Lipinski definition) is 1. The maximum Gasteiger partial charge on any atom is 0.304 e. The number of carbonyl (C=O) groups is 1. The van der Waals surface area contributed by atoms with Crippen molar-refractivity contribution in [2.45, 2.75) is 31.3 Å². The minimum absolute atomic E-state index is 0.156. The second-order valence-corrected chi connectivity index (χ2v) is 5.15. The molecule has 0 amide bonds. The molecule has 1 fully saturated rings. The number of fused-ring (bicyclic) bond motifs is 1. The molecule has 3 rings (SSSR count). The van der Waals surface area contributed by atoms with Crippen LogP contribution in [-0.2, 0) is 21.6 Å². The molecule has 5 nitrogen and oxygen atoms in total. The van der Waals surface area contributed by atoms with Gasteiger partial charge in [0.25, 0.3) is 0 Å². The van der Waals surface area contributed by atoms with Gasteiger partial charge in [-0.15, -0.1) is 0 Å². The van der Waals surface area contributed by atoms with Gasteiger partial charge in [-0.25, -0.2) is 0 Å². The normalized spacial score (nSPS) is 18.4. The van der Waals surface area contributed by atoms with Crippen molar-refractivity contribution in [3.05, 3.63) is 23.3 Å². The SMILES string of the molecule is COCc1cc2c(cc1C1(CC(=O)O)CC1)OCO2. The lowest BCUT2D eigenvalue weighted by molar-refractivity contribution is -0.137. The molecule has 1 N–H and O–H groups in total. The molecule has 1 aliphatic carbocycles. The van der Waals surface area contributed by atoms with Crippen molar-refractivity contribution in [3.63, 3.8) is 0 Å². The molecular formula is C14H16O5. The molecule has 0 bridgehead atoms. The van der Waals surface area contributed by atoms with Crippen LogP contribution in [0.4, 0.5) is 0 Å². The molecule has 1 saturated carbocycles. The van der Waals surface area contributed by atoms with E-state index in [-0.39, 0.29) is 18.6 Å². The summed E-state index contributed by atoms with van der Waals surface area (Å²) in [5.74, 6) is 0.645. The first-order chi connectivity index (χ1) is 9.14. The first kappa shape index (κ1) is 12.3. The van der Waals surface area contributed by atoms with Gasteiger partial charge in [-0.1, -0.05) is 0 Å². The number of hydrogen-bond acceptors (Lipinski definition) is 4. The third-order valence-electron chi connectivity index (χ3n) is 3.81. The van der Waals surface area contributed by atoms with Crippen LogP contribution in [0.15, 0.2) is 12.1 Å². The van der Waals surface area contributed by atoms with E-state index in [0.717, 1.165) is 24.0 Å². The highest BCUT2D eigenvalue weighted by Gasteiger charge is 2.47. The van der Waals surface area contributed by atoms with Gasteiger partial charge in [0, 0.05) is 12.5 Å². The van der Waals surface area contributed by atoms with Crippen molar-refractivity contribution in [1.29, 1.82) is 0 Å². The van der Waals surface area contributed by atoms with Gasteiger partial charge in [0.15, 0.2) is 11.5 Å². The molecule has 0 saturated heterocycles. The van der Waals surface area contributed by atoms with Gasteiger partial charge in [-0.3, -0.25) is 4.79 Å². The van der Waals surface area contributed by atoms with E-state index >= 15 is 0 Å². The minimum atomic E-state index is -0.765. The summed E-state index contributed by atoms with van der Waals surface area (Å²) in [6, 6.07) is 3.83. The molecule has 0 radical (unpaired) electrons. The highest BCUT2D eigenvalue weighted by molar-refractivity contribution is 5.70. The lowest BCUT2D eigenvalue weighted by Crippen LogP contribution is -2.15. The standard InChI is InChI=1S/C14H16O5/c1-17-7-9-4-11-12(19-8-18-11)5-10(9)14(2-3-14)6-13(15)16/h4-5H,2-3,6-8H2,1H3,(H,15,16). The van der Waals surface area contributed by atoms with Crippen LogP contribution < -0.4 is 9.47 Å². The molecule has 0 spiro atoms. The van der Waals surface area contributed by atoms with Crippen molar-refractivity contribution in [1.82, 2.24) is 0 Å². The largest absolute Gasteiger partial charge is 0.481 e. The van der Waals surface area contributed by atoms with E-state index in [1.54, 1.807) is 7.11 Å². The van der Waals surface area contributed by atoms with E-state index in [2.05, 4.69) is 0 Å². The van der Waals surface area contributed by atoms with Crippen LogP contribution in [0, 0.1) is 0 Å². The van der Waals surface area contributed by atoms with Crippen LogP contribution >= 0.6 is 0 Å². The smallest absolute Gasteiger partial charge is 0.304 e. The second kappa shape index (κ2) is 4.42. The summed E-state index contributed by atoms with van der Waals surface area (Å²) >= 11 is 0. The molecule has 2 aliphatic rings. The van der Waals surface area contributed by atoms with Crippen molar-refractivity contribution in [2.75, 3.05) is 13.9 Å². The maximum absolute atomic E-state index is 11.0. The van der Waals surface area contributed by atoms with E-state index in [9.17, 15) is 4.79 Å². The lowest BCUT2D eigenvalue weighted by atomic mass is 9.88. The molecule has 1 aliphatic heterocycles. The Balaban J connectivity index is 2.01. The Hall–Kier alpha value is -1.75. The number of aliphatic carboxylic acids is 1. The van der Waals surface area contributed by atoms with E-state index in [1.807, 2.05) is 12.1 Å². The average Bonchev–Trinajstić information content (AvgIpc) is 2.98. The maximum atomic E-state index is 11.0. The van der Waals surface area contributed by atoms with Crippen LogP contribution in [0.2, 0.25) is 0 Å². The fraction of sp³-hybridized carbons (Fsp3) is 0.500. The third kappa shape index (κ3) is 2.14. The van der Waals surface area contributed by atoms with Gasteiger partial charge < -0.3 is 19.3 Å². The average molecular weight is 264 g/mol. The number of rotatable bonds is 5. The molecule has 1 aromatic rings. The summed E-state index contributed by atoms with van der Waals surface area (Å²) in [4.78, 5) is 11.0. The molecule has 0 atom stereocenters. The molecule has 0 aromatic heterocycles. The molecule has 0 unspecified atom stereocenters. The van der Waals surface area contributed by atoms with Crippen molar-refractivity contribution in [2.24, 2.45) is 0 Å². The highest BCUT2D eigenvalue weighted by Crippen LogP contribution is 2.54. The Kier molecular flexibility index (Phi) is 2.86.